The van der Waals surface area contributed by atoms with Crippen molar-refractivity contribution in [3.63, 3.8) is 0 Å². The molecule has 1 unspecified atom stereocenters. The van der Waals surface area contributed by atoms with E-state index in [1.54, 1.807) is 0 Å². The molecule has 0 amide bonds. The summed E-state index contributed by atoms with van der Waals surface area (Å²) in [4.78, 5) is 9.26. The van der Waals surface area contributed by atoms with Crippen molar-refractivity contribution in [3.05, 3.63) is 28.5 Å². The standard InChI is InChI=1S/C16H27BrN4/c1-13(2)16(21-6-4-20(3)5-7-21)12-19-10-14-8-15(17)11-18-9-14/h8-9,11,13,16,19H,4-7,10,12H2,1-3H3. The molecular weight excluding hydrogens is 328 g/mol. The third kappa shape index (κ3) is 5.33. The number of rotatable bonds is 6. The van der Waals surface area contributed by atoms with E-state index in [2.05, 4.69) is 63.0 Å². The molecule has 4 nitrogen and oxygen atoms in total. The van der Waals surface area contributed by atoms with Gasteiger partial charge in [-0.25, -0.2) is 0 Å². The van der Waals surface area contributed by atoms with Gasteiger partial charge in [0.05, 0.1) is 0 Å². The summed E-state index contributed by atoms with van der Waals surface area (Å²) in [6, 6.07) is 2.74. The van der Waals surface area contributed by atoms with Crippen LogP contribution in [-0.4, -0.2) is 60.6 Å². The van der Waals surface area contributed by atoms with Crippen molar-refractivity contribution in [3.8, 4) is 0 Å². The van der Waals surface area contributed by atoms with Gasteiger partial charge in [-0.2, -0.15) is 0 Å². The Morgan fingerprint density at radius 1 is 1.24 bits per heavy atom. The number of likely N-dealkylation sites (N-methyl/N-ethyl adjacent to an activating group) is 1. The van der Waals surface area contributed by atoms with Crippen LogP contribution in [0.2, 0.25) is 0 Å². The zero-order valence-electron chi connectivity index (χ0n) is 13.3. The van der Waals surface area contributed by atoms with Gasteiger partial charge in [-0.05, 0) is 40.5 Å². The highest BCUT2D eigenvalue weighted by Crippen LogP contribution is 2.13. The van der Waals surface area contributed by atoms with Crippen LogP contribution in [0, 0.1) is 5.92 Å². The summed E-state index contributed by atoms with van der Waals surface area (Å²) in [5, 5.41) is 3.60. The highest BCUT2D eigenvalue weighted by molar-refractivity contribution is 9.10. The van der Waals surface area contributed by atoms with Crippen LogP contribution in [0.3, 0.4) is 0 Å². The molecule has 2 rings (SSSR count). The molecule has 0 spiro atoms. The summed E-state index contributed by atoms with van der Waals surface area (Å²) >= 11 is 3.47. The van der Waals surface area contributed by atoms with Crippen molar-refractivity contribution in [2.45, 2.75) is 26.4 Å². The first kappa shape index (κ1) is 16.9. The summed E-state index contributed by atoms with van der Waals surface area (Å²) < 4.78 is 1.04. The monoisotopic (exact) mass is 354 g/mol. The van der Waals surface area contributed by atoms with E-state index in [1.807, 2.05) is 12.4 Å². The number of hydrogen-bond donors (Lipinski definition) is 1. The van der Waals surface area contributed by atoms with Gasteiger partial charge in [0.15, 0.2) is 0 Å². The van der Waals surface area contributed by atoms with E-state index in [4.69, 9.17) is 0 Å². The second kappa shape index (κ2) is 8.22. The van der Waals surface area contributed by atoms with Crippen LogP contribution in [0.5, 0.6) is 0 Å². The van der Waals surface area contributed by atoms with E-state index in [0.29, 0.717) is 12.0 Å². The molecule has 1 atom stereocenters. The van der Waals surface area contributed by atoms with Crippen molar-refractivity contribution in [2.75, 3.05) is 39.8 Å². The maximum absolute atomic E-state index is 4.21. The quantitative estimate of drug-likeness (QED) is 0.848. The van der Waals surface area contributed by atoms with Crippen LogP contribution >= 0.6 is 15.9 Å². The normalized spacial score (nSPS) is 19.1. The number of hydrogen-bond acceptors (Lipinski definition) is 4. The van der Waals surface area contributed by atoms with Gasteiger partial charge in [0.25, 0.3) is 0 Å². The molecule has 21 heavy (non-hydrogen) atoms. The van der Waals surface area contributed by atoms with Crippen molar-refractivity contribution in [1.29, 1.82) is 0 Å². The minimum atomic E-state index is 0.610. The average Bonchev–Trinajstić information content (AvgIpc) is 2.45. The number of nitrogens with one attached hydrogen (secondary N) is 1. The smallest absolute Gasteiger partial charge is 0.0410 e. The number of halogens is 1. The maximum atomic E-state index is 4.21. The highest BCUT2D eigenvalue weighted by Gasteiger charge is 2.24. The third-order valence-electron chi connectivity index (χ3n) is 4.22. The van der Waals surface area contributed by atoms with Gasteiger partial charge in [-0.3, -0.25) is 9.88 Å². The first-order chi connectivity index (χ1) is 10.1. The van der Waals surface area contributed by atoms with E-state index in [1.165, 1.54) is 31.7 Å². The van der Waals surface area contributed by atoms with Crippen LogP contribution in [0.15, 0.2) is 22.9 Å². The molecule has 1 aliphatic rings. The fourth-order valence-corrected chi connectivity index (χ4v) is 3.27. The van der Waals surface area contributed by atoms with Gasteiger partial charge in [-0.1, -0.05) is 13.8 Å². The second-order valence-electron chi connectivity index (χ2n) is 6.29. The van der Waals surface area contributed by atoms with Crippen molar-refractivity contribution in [1.82, 2.24) is 20.1 Å². The summed E-state index contributed by atoms with van der Waals surface area (Å²) in [7, 11) is 2.21. The largest absolute Gasteiger partial charge is 0.311 e. The fourth-order valence-electron chi connectivity index (χ4n) is 2.86. The van der Waals surface area contributed by atoms with Gasteiger partial charge in [0, 0.05) is 62.2 Å². The minimum Gasteiger partial charge on any atom is -0.311 e. The van der Waals surface area contributed by atoms with Crippen LogP contribution in [0.1, 0.15) is 19.4 Å². The van der Waals surface area contributed by atoms with Crippen molar-refractivity contribution < 1.29 is 0 Å². The van der Waals surface area contributed by atoms with Gasteiger partial charge in [-0.15, -0.1) is 0 Å². The lowest BCUT2D eigenvalue weighted by Crippen LogP contribution is -2.53. The number of aromatic nitrogens is 1. The Morgan fingerprint density at radius 2 is 1.95 bits per heavy atom. The summed E-state index contributed by atoms with van der Waals surface area (Å²) in [6.07, 6.45) is 3.75. The highest BCUT2D eigenvalue weighted by atomic mass is 79.9. The molecule has 1 aromatic heterocycles. The Kier molecular flexibility index (Phi) is 6.61. The Labute approximate surface area is 137 Å². The molecule has 5 heteroatoms. The molecule has 0 saturated carbocycles. The number of piperazine rings is 1. The molecule has 0 aromatic carbocycles. The molecule has 1 saturated heterocycles. The first-order valence-electron chi connectivity index (χ1n) is 7.79. The van der Waals surface area contributed by atoms with Gasteiger partial charge < -0.3 is 10.2 Å². The molecule has 0 bridgehead atoms. The lowest BCUT2D eigenvalue weighted by Gasteiger charge is -2.40. The summed E-state index contributed by atoms with van der Waals surface area (Å²) in [5.74, 6) is 0.668. The van der Waals surface area contributed by atoms with Crippen LogP contribution < -0.4 is 5.32 Å². The molecule has 1 fully saturated rings. The SMILES string of the molecule is CC(C)C(CNCc1cncc(Br)c1)N1CCN(C)CC1. The predicted octanol–water partition coefficient (Wildman–Crippen LogP) is 2.21. The van der Waals surface area contributed by atoms with E-state index >= 15 is 0 Å². The zero-order chi connectivity index (χ0) is 15.2. The molecular formula is C16H27BrN4. The van der Waals surface area contributed by atoms with Crippen LogP contribution in [0.25, 0.3) is 0 Å². The number of nitrogens with zero attached hydrogens (tertiary/aromatic N) is 3. The third-order valence-corrected chi connectivity index (χ3v) is 4.65. The molecule has 0 aliphatic carbocycles. The van der Waals surface area contributed by atoms with E-state index in [-0.39, 0.29) is 0 Å². The second-order valence-corrected chi connectivity index (χ2v) is 7.21. The van der Waals surface area contributed by atoms with E-state index < -0.39 is 0 Å². The van der Waals surface area contributed by atoms with Crippen molar-refractivity contribution in [2.24, 2.45) is 5.92 Å². The molecule has 0 radical (unpaired) electrons. The Balaban J connectivity index is 1.83. The fraction of sp³-hybridized carbons (Fsp3) is 0.688. The summed E-state index contributed by atoms with van der Waals surface area (Å²) in [5.41, 5.74) is 1.23. The molecule has 1 N–H and O–H groups in total. The molecule has 1 aliphatic heterocycles. The van der Waals surface area contributed by atoms with E-state index in [9.17, 15) is 0 Å². The zero-order valence-corrected chi connectivity index (χ0v) is 14.9. The average molecular weight is 355 g/mol. The van der Waals surface area contributed by atoms with Crippen molar-refractivity contribution >= 4 is 15.9 Å². The van der Waals surface area contributed by atoms with Gasteiger partial charge in [0.1, 0.15) is 0 Å². The topological polar surface area (TPSA) is 31.4 Å². The Bertz CT molecular complexity index is 430. The minimum absolute atomic E-state index is 0.610. The van der Waals surface area contributed by atoms with Gasteiger partial charge >= 0.3 is 0 Å². The van der Waals surface area contributed by atoms with Gasteiger partial charge in [0.2, 0.25) is 0 Å². The Hall–Kier alpha value is -0.490. The Morgan fingerprint density at radius 3 is 2.57 bits per heavy atom. The lowest BCUT2D eigenvalue weighted by atomic mass is 10.0. The predicted molar refractivity (Wildman–Crippen MR) is 91.3 cm³/mol. The lowest BCUT2D eigenvalue weighted by molar-refractivity contribution is 0.0875. The summed E-state index contributed by atoms with van der Waals surface area (Å²) in [6.45, 7) is 11.3. The number of pyridine rings is 1. The van der Waals surface area contributed by atoms with Crippen LogP contribution in [0.4, 0.5) is 0 Å². The van der Waals surface area contributed by atoms with E-state index in [0.717, 1.165) is 17.6 Å². The molecule has 2 heterocycles. The first-order valence-corrected chi connectivity index (χ1v) is 8.58. The molecule has 118 valence electrons. The molecule has 1 aromatic rings. The van der Waals surface area contributed by atoms with Crippen LogP contribution in [-0.2, 0) is 6.54 Å². The maximum Gasteiger partial charge on any atom is 0.0410 e.